The molecule has 0 unspecified atom stereocenters. The minimum Gasteiger partial charge on any atom is -0.383 e. The van der Waals surface area contributed by atoms with Crippen LogP contribution in [0.2, 0.25) is 0 Å². The second-order valence-corrected chi connectivity index (χ2v) is 5.44. The van der Waals surface area contributed by atoms with Gasteiger partial charge in [-0.1, -0.05) is 6.08 Å². The number of hydrogen-bond acceptors (Lipinski definition) is 4. The van der Waals surface area contributed by atoms with Gasteiger partial charge in [-0.15, -0.1) is 0 Å². The topological polar surface area (TPSA) is 19.0 Å². The molecule has 0 aromatic rings. The van der Waals surface area contributed by atoms with E-state index < -0.39 is 0 Å². The molecule has 4 nitrogen and oxygen atoms in total. The summed E-state index contributed by atoms with van der Waals surface area (Å²) in [6.07, 6.45) is 6.91. The maximum absolute atomic E-state index is 5.14. The third kappa shape index (κ3) is 5.66. The Morgan fingerprint density at radius 3 is 2.42 bits per heavy atom. The summed E-state index contributed by atoms with van der Waals surface area (Å²) in [6, 6.07) is 0. The molecule has 4 heteroatoms. The number of ether oxygens (including phenoxy) is 1. The second kappa shape index (κ2) is 8.23. The van der Waals surface area contributed by atoms with Crippen LogP contribution in [-0.4, -0.2) is 76.2 Å². The van der Waals surface area contributed by atoms with Crippen molar-refractivity contribution in [3.8, 4) is 0 Å². The van der Waals surface area contributed by atoms with Crippen LogP contribution in [0.1, 0.15) is 12.8 Å². The van der Waals surface area contributed by atoms with Gasteiger partial charge in [0.05, 0.1) is 6.61 Å². The molecule has 0 fully saturated rings. The number of likely N-dealkylation sites (N-methyl/N-ethyl adjacent to an activating group) is 3. The lowest BCUT2D eigenvalue weighted by Crippen LogP contribution is -2.29. The number of hydrogen-bond donors (Lipinski definition) is 0. The van der Waals surface area contributed by atoms with E-state index in [0.717, 1.165) is 39.1 Å². The van der Waals surface area contributed by atoms with Gasteiger partial charge in [-0.25, -0.2) is 0 Å². The van der Waals surface area contributed by atoms with Crippen molar-refractivity contribution >= 4 is 0 Å². The summed E-state index contributed by atoms with van der Waals surface area (Å²) in [5, 5.41) is 0. The van der Waals surface area contributed by atoms with Crippen molar-refractivity contribution in [2.45, 2.75) is 12.8 Å². The zero-order chi connectivity index (χ0) is 14.3. The number of allylic oxidation sites excluding steroid dienone is 3. The van der Waals surface area contributed by atoms with Crippen LogP contribution >= 0.6 is 0 Å². The molecule has 1 aliphatic rings. The normalized spacial score (nSPS) is 15.3. The third-order valence-electron chi connectivity index (χ3n) is 3.51. The van der Waals surface area contributed by atoms with Gasteiger partial charge >= 0.3 is 0 Å². The standard InChI is InChI=1S/C15H29N3O/c1-16(2)9-10-17(3)14-7-6-8-15(13-14)18(4)11-12-19-5/h7,13H,6,8-12H2,1-5H3. The van der Waals surface area contributed by atoms with Crippen molar-refractivity contribution in [1.29, 1.82) is 0 Å². The molecule has 19 heavy (non-hydrogen) atoms. The highest BCUT2D eigenvalue weighted by Gasteiger charge is 2.12. The summed E-state index contributed by atoms with van der Waals surface area (Å²) in [5.74, 6) is 0. The van der Waals surface area contributed by atoms with Crippen LogP contribution in [0.25, 0.3) is 0 Å². The molecule has 0 aliphatic heterocycles. The largest absolute Gasteiger partial charge is 0.383 e. The Hall–Kier alpha value is -1.00. The molecule has 1 aliphatic carbocycles. The van der Waals surface area contributed by atoms with Crippen LogP contribution in [-0.2, 0) is 4.74 Å². The smallest absolute Gasteiger partial charge is 0.0637 e. The molecule has 0 bridgehead atoms. The molecule has 0 amide bonds. The summed E-state index contributed by atoms with van der Waals surface area (Å²) in [7, 11) is 10.3. The maximum Gasteiger partial charge on any atom is 0.0637 e. The summed E-state index contributed by atoms with van der Waals surface area (Å²) < 4.78 is 5.14. The van der Waals surface area contributed by atoms with Gasteiger partial charge < -0.3 is 19.4 Å². The van der Waals surface area contributed by atoms with E-state index in [9.17, 15) is 0 Å². The Balaban J connectivity index is 2.55. The maximum atomic E-state index is 5.14. The van der Waals surface area contributed by atoms with Crippen molar-refractivity contribution < 1.29 is 4.74 Å². The van der Waals surface area contributed by atoms with Gasteiger partial charge in [-0.05, 0) is 33.0 Å². The average molecular weight is 267 g/mol. The van der Waals surface area contributed by atoms with E-state index in [2.05, 4.69) is 55.0 Å². The fourth-order valence-electron chi connectivity index (χ4n) is 2.09. The lowest BCUT2D eigenvalue weighted by Gasteiger charge is -2.29. The van der Waals surface area contributed by atoms with E-state index in [1.807, 2.05) is 0 Å². The number of nitrogens with zero attached hydrogens (tertiary/aromatic N) is 3. The van der Waals surface area contributed by atoms with Crippen LogP contribution < -0.4 is 0 Å². The molecule has 0 saturated heterocycles. The van der Waals surface area contributed by atoms with Crippen molar-refractivity contribution in [2.75, 3.05) is 61.5 Å². The molecule has 0 spiro atoms. The van der Waals surface area contributed by atoms with E-state index in [-0.39, 0.29) is 0 Å². The first kappa shape index (κ1) is 16.1. The Bertz CT molecular complexity index is 323. The molecule has 0 atom stereocenters. The first-order chi connectivity index (χ1) is 9.04. The fourth-order valence-corrected chi connectivity index (χ4v) is 2.09. The van der Waals surface area contributed by atoms with Crippen LogP contribution in [0.5, 0.6) is 0 Å². The van der Waals surface area contributed by atoms with E-state index in [0.29, 0.717) is 0 Å². The monoisotopic (exact) mass is 267 g/mol. The highest BCUT2D eigenvalue weighted by Crippen LogP contribution is 2.21. The predicted octanol–water partition coefficient (Wildman–Crippen LogP) is 1.62. The fraction of sp³-hybridized carbons (Fsp3) is 0.733. The van der Waals surface area contributed by atoms with E-state index in [4.69, 9.17) is 4.74 Å². The molecule has 0 aromatic carbocycles. The van der Waals surface area contributed by atoms with Gasteiger partial charge in [-0.2, -0.15) is 0 Å². The quantitative estimate of drug-likeness (QED) is 0.665. The van der Waals surface area contributed by atoms with Crippen LogP contribution in [0.3, 0.4) is 0 Å². The Labute approximate surface area is 118 Å². The van der Waals surface area contributed by atoms with Crippen molar-refractivity contribution in [1.82, 2.24) is 14.7 Å². The minimum atomic E-state index is 0.781. The van der Waals surface area contributed by atoms with Crippen molar-refractivity contribution in [2.24, 2.45) is 0 Å². The molecular weight excluding hydrogens is 238 g/mol. The van der Waals surface area contributed by atoms with E-state index in [1.165, 1.54) is 11.4 Å². The Morgan fingerprint density at radius 2 is 1.79 bits per heavy atom. The van der Waals surface area contributed by atoms with Gasteiger partial charge in [0, 0.05) is 52.2 Å². The predicted molar refractivity (Wildman–Crippen MR) is 81.1 cm³/mol. The van der Waals surface area contributed by atoms with Crippen molar-refractivity contribution in [3.05, 3.63) is 23.5 Å². The minimum absolute atomic E-state index is 0.781. The summed E-state index contributed by atoms with van der Waals surface area (Å²) >= 11 is 0. The Kier molecular flexibility index (Phi) is 6.95. The molecule has 0 heterocycles. The molecule has 0 N–H and O–H groups in total. The lowest BCUT2D eigenvalue weighted by molar-refractivity contribution is 0.172. The Morgan fingerprint density at radius 1 is 1.05 bits per heavy atom. The number of methoxy groups -OCH3 is 1. The van der Waals surface area contributed by atoms with Gasteiger partial charge in [0.25, 0.3) is 0 Å². The molecule has 1 rings (SSSR count). The summed E-state index contributed by atoms with van der Waals surface area (Å²) in [6.45, 7) is 3.88. The summed E-state index contributed by atoms with van der Waals surface area (Å²) in [4.78, 5) is 6.86. The zero-order valence-corrected chi connectivity index (χ0v) is 13.1. The number of rotatable bonds is 8. The van der Waals surface area contributed by atoms with Crippen LogP contribution in [0.15, 0.2) is 23.5 Å². The second-order valence-electron chi connectivity index (χ2n) is 5.44. The van der Waals surface area contributed by atoms with Gasteiger partial charge in [0.1, 0.15) is 0 Å². The molecular formula is C15H29N3O. The van der Waals surface area contributed by atoms with E-state index in [1.54, 1.807) is 7.11 Å². The molecule has 0 saturated carbocycles. The van der Waals surface area contributed by atoms with Crippen LogP contribution in [0, 0.1) is 0 Å². The first-order valence-electron chi connectivity index (χ1n) is 7.01. The highest BCUT2D eigenvalue weighted by molar-refractivity contribution is 5.26. The molecule has 0 aromatic heterocycles. The van der Waals surface area contributed by atoms with Gasteiger partial charge in [-0.3, -0.25) is 0 Å². The average Bonchev–Trinajstić information content (AvgIpc) is 2.42. The van der Waals surface area contributed by atoms with Gasteiger partial charge in [0.15, 0.2) is 0 Å². The van der Waals surface area contributed by atoms with E-state index >= 15 is 0 Å². The lowest BCUT2D eigenvalue weighted by atomic mass is 10.1. The molecule has 110 valence electrons. The SMILES string of the molecule is COCCN(C)C1=CC(N(C)CCN(C)C)=CCC1. The van der Waals surface area contributed by atoms with Crippen molar-refractivity contribution in [3.63, 3.8) is 0 Å². The third-order valence-corrected chi connectivity index (χ3v) is 3.51. The first-order valence-corrected chi connectivity index (χ1v) is 7.01. The zero-order valence-electron chi connectivity index (χ0n) is 13.1. The van der Waals surface area contributed by atoms with Gasteiger partial charge in [0.2, 0.25) is 0 Å². The van der Waals surface area contributed by atoms with Crippen LogP contribution in [0.4, 0.5) is 0 Å². The molecule has 0 radical (unpaired) electrons. The summed E-state index contributed by atoms with van der Waals surface area (Å²) in [5.41, 5.74) is 2.75. The highest BCUT2D eigenvalue weighted by atomic mass is 16.5.